The first-order valence-electron chi connectivity index (χ1n) is 7.64. The molecule has 0 aliphatic carbocycles. The average Bonchev–Trinajstić information content (AvgIpc) is 2.61. The van der Waals surface area contributed by atoms with Gasteiger partial charge in [0.1, 0.15) is 12.4 Å². The molecule has 0 spiro atoms. The van der Waals surface area contributed by atoms with Crippen LogP contribution >= 0.6 is 0 Å². The molecule has 4 N–H and O–H groups in total. The van der Waals surface area contributed by atoms with E-state index in [0.29, 0.717) is 13.0 Å². The van der Waals surface area contributed by atoms with Crippen molar-refractivity contribution in [2.75, 3.05) is 6.61 Å². The van der Waals surface area contributed by atoms with E-state index in [4.69, 9.17) is 25.5 Å². The summed E-state index contributed by atoms with van der Waals surface area (Å²) in [4.78, 5) is 8.90. The van der Waals surface area contributed by atoms with E-state index in [0.717, 1.165) is 16.9 Å². The summed E-state index contributed by atoms with van der Waals surface area (Å²) in [5.41, 5.74) is 7.95. The lowest BCUT2D eigenvalue weighted by Gasteiger charge is -2.10. The van der Waals surface area contributed by atoms with Crippen molar-refractivity contribution >= 4 is 5.97 Å². The first-order valence-corrected chi connectivity index (χ1v) is 7.64. The molecule has 0 unspecified atom stereocenters. The van der Waals surface area contributed by atoms with Crippen molar-refractivity contribution in [3.63, 3.8) is 0 Å². The largest absolute Gasteiger partial charge is 0.490 e. The summed E-state index contributed by atoms with van der Waals surface area (Å²) < 4.78 is 37.4. The molecule has 8 heteroatoms. The lowest BCUT2D eigenvalue weighted by Crippen LogP contribution is -2.26. The minimum atomic E-state index is -5.08. The van der Waals surface area contributed by atoms with Gasteiger partial charge in [-0.2, -0.15) is 13.2 Å². The molecule has 0 amide bonds. The number of carboxylic acids is 1. The third-order valence-electron chi connectivity index (χ3n) is 3.15. The number of hydrogen-bond acceptors (Lipinski definition) is 4. The van der Waals surface area contributed by atoms with Crippen LogP contribution in [0.2, 0.25) is 0 Å². The van der Waals surface area contributed by atoms with E-state index < -0.39 is 12.1 Å². The Morgan fingerprint density at radius 1 is 1.04 bits per heavy atom. The fourth-order valence-electron chi connectivity index (χ4n) is 1.83. The van der Waals surface area contributed by atoms with Crippen LogP contribution in [-0.4, -0.2) is 35.0 Å². The molecule has 0 heterocycles. The predicted octanol–water partition coefficient (Wildman–Crippen LogP) is 2.76. The third kappa shape index (κ3) is 8.50. The SMILES string of the molecule is N[C@H](CO)Cc1ccc(OCc2ccccc2)cc1.O=C(O)C(F)(F)F. The molecular weight excluding hydrogens is 351 g/mol. The van der Waals surface area contributed by atoms with Gasteiger partial charge in [-0.25, -0.2) is 4.79 Å². The molecule has 0 saturated heterocycles. The van der Waals surface area contributed by atoms with Crippen LogP contribution in [-0.2, 0) is 17.8 Å². The molecule has 0 bridgehead atoms. The Hall–Kier alpha value is -2.58. The van der Waals surface area contributed by atoms with Gasteiger partial charge in [0.2, 0.25) is 0 Å². The second-order valence-corrected chi connectivity index (χ2v) is 5.37. The molecule has 2 aromatic rings. The quantitative estimate of drug-likeness (QED) is 0.726. The number of ether oxygens (including phenoxy) is 1. The number of rotatable bonds is 6. The van der Waals surface area contributed by atoms with Crippen molar-refractivity contribution < 1.29 is 32.9 Å². The number of aliphatic hydroxyl groups is 1. The predicted molar refractivity (Wildman–Crippen MR) is 89.7 cm³/mol. The van der Waals surface area contributed by atoms with Crippen molar-refractivity contribution in [1.82, 2.24) is 0 Å². The van der Waals surface area contributed by atoms with Crippen LogP contribution in [0.1, 0.15) is 11.1 Å². The maximum Gasteiger partial charge on any atom is 0.490 e. The molecule has 2 aromatic carbocycles. The van der Waals surface area contributed by atoms with E-state index in [-0.39, 0.29) is 12.6 Å². The minimum Gasteiger partial charge on any atom is -0.489 e. The molecule has 0 aliphatic heterocycles. The number of aliphatic carboxylic acids is 1. The zero-order chi connectivity index (χ0) is 19.6. The second-order valence-electron chi connectivity index (χ2n) is 5.37. The van der Waals surface area contributed by atoms with Gasteiger partial charge < -0.3 is 20.7 Å². The van der Waals surface area contributed by atoms with E-state index in [1.54, 1.807) is 0 Å². The molecule has 0 radical (unpaired) electrons. The van der Waals surface area contributed by atoms with Gasteiger partial charge in [0.15, 0.2) is 0 Å². The smallest absolute Gasteiger partial charge is 0.489 e. The van der Waals surface area contributed by atoms with Crippen LogP contribution in [0.25, 0.3) is 0 Å². The number of alkyl halides is 3. The van der Waals surface area contributed by atoms with Gasteiger partial charge in [-0.05, 0) is 29.7 Å². The number of carboxylic acid groups (broad SMARTS) is 1. The maximum atomic E-state index is 10.6. The standard InChI is InChI=1S/C16H19NO2.C2HF3O2/c17-15(11-18)10-13-6-8-16(9-7-13)19-12-14-4-2-1-3-5-14;3-2(4,5)1(6)7/h1-9,15,18H,10-12,17H2;(H,6,7)/t15-;/m0./s1. The molecule has 26 heavy (non-hydrogen) atoms. The molecule has 0 aliphatic rings. The zero-order valence-electron chi connectivity index (χ0n) is 13.8. The minimum absolute atomic E-state index is 0.00621. The normalized spacial score (nSPS) is 11.9. The zero-order valence-corrected chi connectivity index (χ0v) is 13.8. The maximum absolute atomic E-state index is 10.6. The van der Waals surface area contributed by atoms with Crippen molar-refractivity contribution in [1.29, 1.82) is 0 Å². The monoisotopic (exact) mass is 371 g/mol. The molecule has 5 nitrogen and oxygen atoms in total. The molecule has 0 aromatic heterocycles. The summed E-state index contributed by atoms with van der Waals surface area (Å²) in [6.07, 6.45) is -4.41. The van der Waals surface area contributed by atoms with Crippen molar-refractivity contribution in [3.8, 4) is 5.75 Å². The Morgan fingerprint density at radius 3 is 2.04 bits per heavy atom. The summed E-state index contributed by atoms with van der Waals surface area (Å²) in [5, 5.41) is 16.0. The first kappa shape index (κ1) is 21.5. The lowest BCUT2D eigenvalue weighted by atomic mass is 10.1. The number of halogens is 3. The molecule has 142 valence electrons. The fourth-order valence-corrected chi connectivity index (χ4v) is 1.83. The Labute approximate surface area is 148 Å². The third-order valence-corrected chi connectivity index (χ3v) is 3.15. The van der Waals surface area contributed by atoms with E-state index in [1.165, 1.54) is 0 Å². The van der Waals surface area contributed by atoms with Crippen molar-refractivity contribution in [2.24, 2.45) is 5.73 Å². The van der Waals surface area contributed by atoms with Crippen LogP contribution < -0.4 is 10.5 Å². The van der Waals surface area contributed by atoms with E-state index in [2.05, 4.69) is 0 Å². The second kappa shape index (κ2) is 10.4. The summed E-state index contributed by atoms with van der Waals surface area (Å²) in [6, 6.07) is 17.7. The molecular formula is C18H20F3NO4. The Bertz CT molecular complexity index is 660. The fraction of sp³-hybridized carbons (Fsp3) is 0.278. The molecule has 0 saturated carbocycles. The van der Waals surface area contributed by atoms with E-state index in [9.17, 15) is 13.2 Å². The molecule has 0 fully saturated rings. The van der Waals surface area contributed by atoms with Crippen LogP contribution in [0.3, 0.4) is 0 Å². The van der Waals surface area contributed by atoms with Crippen LogP contribution in [0.5, 0.6) is 5.75 Å². The first-order chi connectivity index (χ1) is 12.2. The van der Waals surface area contributed by atoms with Gasteiger partial charge in [0.25, 0.3) is 0 Å². The molecule has 1 atom stereocenters. The average molecular weight is 371 g/mol. The van der Waals surface area contributed by atoms with Gasteiger partial charge in [-0.1, -0.05) is 42.5 Å². The summed E-state index contributed by atoms with van der Waals surface area (Å²) >= 11 is 0. The highest BCUT2D eigenvalue weighted by atomic mass is 19.4. The number of hydrogen-bond donors (Lipinski definition) is 3. The lowest BCUT2D eigenvalue weighted by molar-refractivity contribution is -0.192. The van der Waals surface area contributed by atoms with Gasteiger partial charge >= 0.3 is 12.1 Å². The van der Waals surface area contributed by atoms with E-state index >= 15 is 0 Å². The van der Waals surface area contributed by atoms with Crippen molar-refractivity contribution in [3.05, 3.63) is 65.7 Å². The highest BCUT2D eigenvalue weighted by molar-refractivity contribution is 5.73. The highest BCUT2D eigenvalue weighted by Crippen LogP contribution is 2.15. The Kier molecular flexibility index (Phi) is 8.60. The highest BCUT2D eigenvalue weighted by Gasteiger charge is 2.38. The summed E-state index contributed by atoms with van der Waals surface area (Å²) in [5.74, 6) is -1.92. The Balaban J connectivity index is 0.000000412. The number of carbonyl (C=O) groups is 1. The van der Waals surface area contributed by atoms with Crippen LogP contribution in [0, 0.1) is 0 Å². The van der Waals surface area contributed by atoms with Crippen LogP contribution in [0.4, 0.5) is 13.2 Å². The Morgan fingerprint density at radius 2 is 1.58 bits per heavy atom. The van der Waals surface area contributed by atoms with Gasteiger partial charge in [-0.15, -0.1) is 0 Å². The van der Waals surface area contributed by atoms with E-state index in [1.807, 2.05) is 54.6 Å². The molecule has 2 rings (SSSR count). The number of aliphatic hydroxyl groups excluding tert-OH is 1. The summed E-state index contributed by atoms with van der Waals surface area (Å²) in [7, 11) is 0. The number of nitrogens with two attached hydrogens (primary N) is 1. The van der Waals surface area contributed by atoms with Gasteiger partial charge in [0.05, 0.1) is 6.61 Å². The van der Waals surface area contributed by atoms with Crippen molar-refractivity contribution in [2.45, 2.75) is 25.2 Å². The topological polar surface area (TPSA) is 92.8 Å². The number of benzene rings is 2. The summed E-state index contributed by atoms with van der Waals surface area (Å²) in [6.45, 7) is 0.572. The van der Waals surface area contributed by atoms with Gasteiger partial charge in [0, 0.05) is 6.04 Å². The van der Waals surface area contributed by atoms with Crippen LogP contribution in [0.15, 0.2) is 54.6 Å². The van der Waals surface area contributed by atoms with Gasteiger partial charge in [-0.3, -0.25) is 0 Å².